The molecule has 2 aromatic carbocycles. The standard InChI is InChI=1S/C16H13N3O/c1-19-14-5-3-2-4-11(14)12-7-6-10(8-15(12)19)13-9-17-18-16(13)20/h2-9,13H,1H3,(H,18,20). The number of hydrazone groups is 1. The number of carbonyl (C=O) groups excluding carboxylic acids is 1. The molecule has 1 aliphatic rings. The van der Waals surface area contributed by atoms with Gasteiger partial charge in [-0.05, 0) is 17.7 Å². The zero-order chi connectivity index (χ0) is 13.7. The second-order valence-corrected chi connectivity index (χ2v) is 5.08. The van der Waals surface area contributed by atoms with Crippen molar-refractivity contribution in [3.05, 3.63) is 48.0 Å². The number of rotatable bonds is 1. The fourth-order valence-corrected chi connectivity index (χ4v) is 2.92. The van der Waals surface area contributed by atoms with Crippen LogP contribution in [0.15, 0.2) is 47.6 Å². The minimum atomic E-state index is -0.280. The predicted octanol–water partition coefficient (Wildman–Crippen LogP) is 2.53. The van der Waals surface area contributed by atoms with E-state index in [1.807, 2.05) is 18.2 Å². The lowest BCUT2D eigenvalue weighted by atomic mass is 9.99. The molecule has 4 rings (SSSR count). The Morgan fingerprint density at radius 2 is 1.90 bits per heavy atom. The average molecular weight is 263 g/mol. The first-order valence-electron chi connectivity index (χ1n) is 6.56. The number of nitrogens with zero attached hydrogens (tertiary/aromatic N) is 2. The van der Waals surface area contributed by atoms with Gasteiger partial charge >= 0.3 is 0 Å². The number of aryl methyl sites for hydroxylation is 1. The van der Waals surface area contributed by atoms with Crippen LogP contribution in [0.4, 0.5) is 0 Å². The summed E-state index contributed by atoms with van der Waals surface area (Å²) in [6.07, 6.45) is 1.66. The van der Waals surface area contributed by atoms with Crippen LogP contribution in [0.1, 0.15) is 11.5 Å². The molecule has 0 saturated heterocycles. The number of benzene rings is 2. The van der Waals surface area contributed by atoms with E-state index in [0.717, 1.165) is 11.1 Å². The summed E-state index contributed by atoms with van der Waals surface area (Å²) in [6, 6.07) is 14.5. The number of aromatic nitrogens is 1. The highest BCUT2D eigenvalue weighted by molar-refractivity contribution is 6.09. The van der Waals surface area contributed by atoms with Crippen molar-refractivity contribution < 1.29 is 4.79 Å². The summed E-state index contributed by atoms with van der Waals surface area (Å²) in [5.74, 6) is -0.347. The number of para-hydroxylation sites is 1. The summed E-state index contributed by atoms with van der Waals surface area (Å²) in [4.78, 5) is 11.7. The van der Waals surface area contributed by atoms with Crippen molar-refractivity contribution in [3.8, 4) is 0 Å². The molecule has 4 heteroatoms. The molecule has 2 heterocycles. The Morgan fingerprint density at radius 1 is 1.10 bits per heavy atom. The number of fused-ring (bicyclic) bond motifs is 3. The Hall–Kier alpha value is -2.62. The molecule has 1 N–H and O–H groups in total. The topological polar surface area (TPSA) is 46.4 Å². The van der Waals surface area contributed by atoms with Crippen molar-refractivity contribution in [2.45, 2.75) is 5.92 Å². The molecule has 1 amide bonds. The molecular formula is C16H13N3O. The van der Waals surface area contributed by atoms with Gasteiger partial charge in [-0.15, -0.1) is 0 Å². The van der Waals surface area contributed by atoms with Gasteiger partial charge in [-0.3, -0.25) is 4.79 Å². The van der Waals surface area contributed by atoms with E-state index in [2.05, 4.69) is 46.4 Å². The van der Waals surface area contributed by atoms with Crippen molar-refractivity contribution >= 4 is 33.9 Å². The molecule has 4 nitrogen and oxygen atoms in total. The molecule has 0 radical (unpaired) electrons. The van der Waals surface area contributed by atoms with Crippen LogP contribution in [0.25, 0.3) is 21.8 Å². The maximum absolute atomic E-state index is 11.7. The molecule has 0 bridgehead atoms. The van der Waals surface area contributed by atoms with E-state index in [1.54, 1.807) is 6.21 Å². The van der Waals surface area contributed by atoms with Crippen molar-refractivity contribution in [2.24, 2.45) is 12.1 Å². The van der Waals surface area contributed by atoms with Crippen molar-refractivity contribution in [1.29, 1.82) is 0 Å². The van der Waals surface area contributed by atoms with Crippen molar-refractivity contribution in [3.63, 3.8) is 0 Å². The molecule has 0 fully saturated rings. The van der Waals surface area contributed by atoms with Crippen molar-refractivity contribution in [1.82, 2.24) is 9.99 Å². The second kappa shape index (κ2) is 3.93. The van der Waals surface area contributed by atoms with Gasteiger partial charge in [0.25, 0.3) is 5.91 Å². The zero-order valence-corrected chi connectivity index (χ0v) is 11.0. The lowest BCUT2D eigenvalue weighted by Crippen LogP contribution is -2.18. The lowest BCUT2D eigenvalue weighted by molar-refractivity contribution is -0.120. The van der Waals surface area contributed by atoms with E-state index >= 15 is 0 Å². The third-order valence-electron chi connectivity index (χ3n) is 3.98. The summed E-state index contributed by atoms with van der Waals surface area (Å²) in [7, 11) is 2.05. The van der Waals surface area contributed by atoms with Gasteiger partial charge < -0.3 is 4.57 Å². The second-order valence-electron chi connectivity index (χ2n) is 5.08. The fourth-order valence-electron chi connectivity index (χ4n) is 2.92. The van der Waals surface area contributed by atoms with Crippen LogP contribution >= 0.6 is 0 Å². The third-order valence-corrected chi connectivity index (χ3v) is 3.98. The molecule has 98 valence electrons. The first-order valence-corrected chi connectivity index (χ1v) is 6.56. The van der Waals surface area contributed by atoms with Gasteiger partial charge in [0.2, 0.25) is 0 Å². The minimum Gasteiger partial charge on any atom is -0.344 e. The maximum atomic E-state index is 11.7. The first-order chi connectivity index (χ1) is 9.75. The Morgan fingerprint density at radius 3 is 2.70 bits per heavy atom. The highest BCUT2D eigenvalue weighted by atomic mass is 16.2. The van der Waals surface area contributed by atoms with E-state index in [1.165, 1.54) is 16.3 Å². The van der Waals surface area contributed by atoms with Gasteiger partial charge in [0.05, 0.1) is 0 Å². The van der Waals surface area contributed by atoms with E-state index in [0.29, 0.717) is 0 Å². The molecular weight excluding hydrogens is 250 g/mol. The normalized spacial score (nSPS) is 18.1. The van der Waals surface area contributed by atoms with E-state index in [-0.39, 0.29) is 11.8 Å². The summed E-state index contributed by atoms with van der Waals surface area (Å²) in [6.45, 7) is 0. The molecule has 1 aromatic heterocycles. The summed E-state index contributed by atoms with van der Waals surface area (Å²) < 4.78 is 2.16. The summed E-state index contributed by atoms with van der Waals surface area (Å²) >= 11 is 0. The molecule has 0 saturated carbocycles. The largest absolute Gasteiger partial charge is 0.344 e. The molecule has 1 unspecified atom stereocenters. The number of amides is 1. The third kappa shape index (κ3) is 1.42. The quantitative estimate of drug-likeness (QED) is 0.720. The average Bonchev–Trinajstić information content (AvgIpc) is 3.02. The van der Waals surface area contributed by atoms with Gasteiger partial charge in [0.15, 0.2) is 0 Å². The molecule has 3 aromatic rings. The van der Waals surface area contributed by atoms with Crippen LogP contribution in [0.2, 0.25) is 0 Å². The van der Waals surface area contributed by atoms with E-state index in [4.69, 9.17) is 0 Å². The monoisotopic (exact) mass is 263 g/mol. The van der Waals surface area contributed by atoms with E-state index < -0.39 is 0 Å². The predicted molar refractivity (Wildman–Crippen MR) is 79.8 cm³/mol. The number of carbonyl (C=O) groups is 1. The molecule has 20 heavy (non-hydrogen) atoms. The van der Waals surface area contributed by atoms with E-state index in [9.17, 15) is 4.79 Å². The maximum Gasteiger partial charge on any atom is 0.253 e. The van der Waals surface area contributed by atoms with Gasteiger partial charge in [-0.2, -0.15) is 5.10 Å². The van der Waals surface area contributed by atoms with Gasteiger partial charge in [0.1, 0.15) is 5.92 Å². The van der Waals surface area contributed by atoms with Crippen LogP contribution in [0.3, 0.4) is 0 Å². The number of hydrogen-bond donors (Lipinski definition) is 1. The number of hydrogen-bond acceptors (Lipinski definition) is 2. The Balaban J connectivity index is 2.00. The Kier molecular flexibility index (Phi) is 2.21. The van der Waals surface area contributed by atoms with Gasteiger partial charge in [0, 0.05) is 35.1 Å². The minimum absolute atomic E-state index is 0.0666. The van der Waals surface area contributed by atoms with Crippen LogP contribution in [0.5, 0.6) is 0 Å². The van der Waals surface area contributed by atoms with Crippen LogP contribution in [-0.4, -0.2) is 16.7 Å². The van der Waals surface area contributed by atoms with Crippen molar-refractivity contribution in [2.75, 3.05) is 0 Å². The lowest BCUT2D eigenvalue weighted by Gasteiger charge is -2.06. The Labute approximate surface area is 115 Å². The van der Waals surface area contributed by atoms with Crippen LogP contribution in [0, 0.1) is 0 Å². The first kappa shape index (κ1) is 11.2. The summed E-state index contributed by atoms with van der Waals surface area (Å²) in [5, 5.41) is 6.28. The molecule has 1 atom stereocenters. The highest BCUT2D eigenvalue weighted by Gasteiger charge is 2.23. The van der Waals surface area contributed by atoms with Crippen LogP contribution < -0.4 is 5.43 Å². The zero-order valence-electron chi connectivity index (χ0n) is 11.0. The van der Waals surface area contributed by atoms with Crippen LogP contribution in [-0.2, 0) is 11.8 Å². The smallest absolute Gasteiger partial charge is 0.253 e. The van der Waals surface area contributed by atoms with Gasteiger partial charge in [-0.25, -0.2) is 5.43 Å². The molecule has 0 spiro atoms. The highest BCUT2D eigenvalue weighted by Crippen LogP contribution is 2.30. The fraction of sp³-hybridized carbons (Fsp3) is 0.125. The molecule has 0 aliphatic carbocycles. The van der Waals surface area contributed by atoms with Gasteiger partial charge in [-0.1, -0.05) is 30.3 Å². The number of nitrogens with one attached hydrogen (secondary N) is 1. The summed E-state index contributed by atoms with van der Waals surface area (Å²) in [5.41, 5.74) is 5.79. The molecule has 1 aliphatic heterocycles. The SMILES string of the molecule is Cn1c2ccccc2c2ccc(C3C=NNC3=O)cc21. The Bertz CT molecular complexity index is 876.